The van der Waals surface area contributed by atoms with Gasteiger partial charge in [0.15, 0.2) is 0 Å². The highest BCUT2D eigenvalue weighted by molar-refractivity contribution is 5.16. The van der Waals surface area contributed by atoms with E-state index in [1.54, 1.807) is 12.4 Å². The Morgan fingerprint density at radius 1 is 1.24 bits per heavy atom. The summed E-state index contributed by atoms with van der Waals surface area (Å²) in [5.41, 5.74) is 1.18. The maximum atomic E-state index is 6.13. The highest BCUT2D eigenvalue weighted by Crippen LogP contribution is 2.40. The average molecular weight is 339 g/mol. The van der Waals surface area contributed by atoms with Crippen molar-refractivity contribution in [2.24, 2.45) is 5.41 Å². The number of ether oxygens (including phenoxy) is 2. The molecule has 0 saturated carbocycles. The second kappa shape index (κ2) is 7.50. The SMILES string of the molecule is c1ccc(CN2CCC3OCCCC3(COc3cccnc3)C2)nc1. The Hall–Kier alpha value is -1.98. The second-order valence-corrected chi connectivity index (χ2v) is 7.12. The highest BCUT2D eigenvalue weighted by atomic mass is 16.5. The molecule has 0 spiro atoms. The number of hydrogen-bond donors (Lipinski definition) is 0. The Morgan fingerprint density at radius 3 is 3.08 bits per heavy atom. The van der Waals surface area contributed by atoms with E-state index < -0.39 is 0 Å². The number of fused-ring (bicyclic) bond motifs is 1. The van der Waals surface area contributed by atoms with Gasteiger partial charge in [-0.05, 0) is 43.5 Å². The van der Waals surface area contributed by atoms with Crippen molar-refractivity contribution < 1.29 is 9.47 Å². The summed E-state index contributed by atoms with van der Waals surface area (Å²) in [6.07, 6.45) is 9.02. The van der Waals surface area contributed by atoms with Gasteiger partial charge in [-0.3, -0.25) is 14.9 Å². The van der Waals surface area contributed by atoms with Gasteiger partial charge in [-0.2, -0.15) is 0 Å². The zero-order chi connectivity index (χ0) is 17.0. The fourth-order valence-electron chi connectivity index (χ4n) is 4.11. The first-order valence-electron chi connectivity index (χ1n) is 9.11. The summed E-state index contributed by atoms with van der Waals surface area (Å²) < 4.78 is 12.3. The number of aromatic nitrogens is 2. The fraction of sp³-hybridized carbons (Fsp3) is 0.500. The summed E-state index contributed by atoms with van der Waals surface area (Å²) in [5.74, 6) is 0.836. The van der Waals surface area contributed by atoms with Crippen LogP contribution >= 0.6 is 0 Å². The first-order chi connectivity index (χ1) is 12.3. The quantitative estimate of drug-likeness (QED) is 0.838. The lowest BCUT2D eigenvalue weighted by Gasteiger charge is -2.50. The largest absolute Gasteiger partial charge is 0.491 e. The summed E-state index contributed by atoms with van der Waals surface area (Å²) >= 11 is 0. The predicted octanol–water partition coefficient (Wildman–Crippen LogP) is 2.93. The predicted molar refractivity (Wildman–Crippen MR) is 95.3 cm³/mol. The molecule has 2 fully saturated rings. The summed E-state index contributed by atoms with van der Waals surface area (Å²) in [4.78, 5) is 11.1. The Labute approximate surface area is 149 Å². The van der Waals surface area contributed by atoms with E-state index in [-0.39, 0.29) is 11.5 Å². The van der Waals surface area contributed by atoms with Crippen molar-refractivity contribution in [1.82, 2.24) is 14.9 Å². The molecule has 5 heteroatoms. The second-order valence-electron chi connectivity index (χ2n) is 7.12. The molecule has 2 saturated heterocycles. The van der Waals surface area contributed by atoms with Gasteiger partial charge < -0.3 is 9.47 Å². The van der Waals surface area contributed by atoms with Gasteiger partial charge in [-0.1, -0.05) is 6.07 Å². The Morgan fingerprint density at radius 2 is 2.24 bits per heavy atom. The van der Waals surface area contributed by atoms with Gasteiger partial charge in [0, 0.05) is 44.0 Å². The Kier molecular flexibility index (Phi) is 4.95. The molecular weight excluding hydrogens is 314 g/mol. The molecule has 0 aromatic carbocycles. The van der Waals surface area contributed by atoms with E-state index >= 15 is 0 Å². The van der Waals surface area contributed by atoms with Crippen molar-refractivity contribution in [2.75, 3.05) is 26.3 Å². The number of likely N-dealkylation sites (tertiary alicyclic amines) is 1. The van der Waals surface area contributed by atoms with Crippen molar-refractivity contribution in [2.45, 2.75) is 31.9 Å². The Balaban J connectivity index is 1.47. The molecule has 2 atom stereocenters. The van der Waals surface area contributed by atoms with Crippen molar-refractivity contribution in [3.05, 3.63) is 54.6 Å². The standard InChI is InChI=1S/C20H25N3O2/c1-2-10-22-17(5-1)14-23-11-7-19-20(15-23,8-4-12-24-19)16-25-18-6-3-9-21-13-18/h1-3,5-6,9-10,13,19H,4,7-8,11-12,14-16H2. The third-order valence-corrected chi connectivity index (χ3v) is 5.34. The molecule has 4 rings (SSSR count). The van der Waals surface area contributed by atoms with Crippen molar-refractivity contribution in [1.29, 1.82) is 0 Å². The van der Waals surface area contributed by atoms with Gasteiger partial charge in [-0.15, -0.1) is 0 Å². The monoisotopic (exact) mass is 339 g/mol. The third-order valence-electron chi connectivity index (χ3n) is 5.34. The van der Waals surface area contributed by atoms with E-state index in [1.807, 2.05) is 24.4 Å². The molecule has 132 valence electrons. The van der Waals surface area contributed by atoms with Crippen LogP contribution in [0.2, 0.25) is 0 Å². The zero-order valence-corrected chi connectivity index (χ0v) is 14.5. The summed E-state index contributed by atoms with van der Waals surface area (Å²) in [7, 11) is 0. The molecule has 2 aliphatic heterocycles. The molecule has 2 aliphatic rings. The molecule has 0 N–H and O–H groups in total. The van der Waals surface area contributed by atoms with Crippen LogP contribution in [-0.4, -0.2) is 47.3 Å². The van der Waals surface area contributed by atoms with Crippen LogP contribution in [0.15, 0.2) is 48.9 Å². The molecular formula is C20H25N3O2. The minimum Gasteiger partial charge on any atom is -0.491 e. The molecule has 2 unspecified atom stereocenters. The molecule has 0 amide bonds. The van der Waals surface area contributed by atoms with Crippen molar-refractivity contribution in [3.63, 3.8) is 0 Å². The van der Waals surface area contributed by atoms with Gasteiger partial charge in [0.2, 0.25) is 0 Å². The maximum Gasteiger partial charge on any atom is 0.137 e. The van der Waals surface area contributed by atoms with Crippen molar-refractivity contribution >= 4 is 0 Å². The molecule has 4 heterocycles. The number of rotatable bonds is 5. The molecule has 0 radical (unpaired) electrons. The van der Waals surface area contributed by atoms with Crippen LogP contribution in [0.5, 0.6) is 5.75 Å². The van der Waals surface area contributed by atoms with E-state index in [2.05, 4.69) is 27.0 Å². The van der Waals surface area contributed by atoms with E-state index in [9.17, 15) is 0 Å². The minimum atomic E-state index is 0.0567. The number of hydrogen-bond acceptors (Lipinski definition) is 5. The minimum absolute atomic E-state index is 0.0567. The van der Waals surface area contributed by atoms with Gasteiger partial charge in [-0.25, -0.2) is 0 Å². The van der Waals surface area contributed by atoms with E-state index in [0.717, 1.165) is 56.9 Å². The number of piperidine rings is 1. The van der Waals surface area contributed by atoms with Crippen LogP contribution < -0.4 is 4.74 Å². The van der Waals surface area contributed by atoms with Crippen LogP contribution in [0.3, 0.4) is 0 Å². The fourth-order valence-corrected chi connectivity index (χ4v) is 4.11. The number of nitrogens with zero attached hydrogens (tertiary/aromatic N) is 3. The Bertz CT molecular complexity index is 667. The topological polar surface area (TPSA) is 47.5 Å². The summed E-state index contributed by atoms with van der Waals surface area (Å²) in [5, 5.41) is 0. The smallest absolute Gasteiger partial charge is 0.137 e. The maximum absolute atomic E-state index is 6.13. The van der Waals surface area contributed by atoms with E-state index in [4.69, 9.17) is 9.47 Å². The molecule has 2 aromatic heterocycles. The lowest BCUT2D eigenvalue weighted by Crippen LogP contribution is -2.57. The summed E-state index contributed by atoms with van der Waals surface area (Å²) in [6, 6.07) is 10.0. The molecule has 5 nitrogen and oxygen atoms in total. The molecule has 2 aromatic rings. The van der Waals surface area contributed by atoms with Crippen LogP contribution in [0.4, 0.5) is 0 Å². The van der Waals surface area contributed by atoms with E-state index in [0.29, 0.717) is 6.61 Å². The van der Waals surface area contributed by atoms with Gasteiger partial charge in [0.1, 0.15) is 5.75 Å². The van der Waals surface area contributed by atoms with Crippen LogP contribution in [0, 0.1) is 5.41 Å². The van der Waals surface area contributed by atoms with Crippen LogP contribution in [0.1, 0.15) is 25.0 Å². The zero-order valence-electron chi connectivity index (χ0n) is 14.5. The molecule has 0 aliphatic carbocycles. The lowest BCUT2D eigenvalue weighted by molar-refractivity contribution is -0.141. The van der Waals surface area contributed by atoms with E-state index in [1.165, 1.54) is 0 Å². The first kappa shape index (κ1) is 16.5. The molecule has 25 heavy (non-hydrogen) atoms. The normalized spacial score (nSPS) is 26.8. The average Bonchev–Trinajstić information content (AvgIpc) is 2.68. The van der Waals surface area contributed by atoms with Crippen LogP contribution in [-0.2, 0) is 11.3 Å². The number of pyridine rings is 2. The first-order valence-corrected chi connectivity index (χ1v) is 9.11. The van der Waals surface area contributed by atoms with Gasteiger partial charge in [0.25, 0.3) is 0 Å². The van der Waals surface area contributed by atoms with Crippen molar-refractivity contribution in [3.8, 4) is 5.75 Å². The lowest BCUT2D eigenvalue weighted by atomic mass is 9.73. The highest BCUT2D eigenvalue weighted by Gasteiger charge is 2.46. The van der Waals surface area contributed by atoms with Crippen LogP contribution in [0.25, 0.3) is 0 Å². The third kappa shape index (κ3) is 3.83. The molecule has 0 bridgehead atoms. The summed E-state index contributed by atoms with van der Waals surface area (Å²) in [6.45, 7) is 4.49. The van der Waals surface area contributed by atoms with Gasteiger partial charge >= 0.3 is 0 Å². The van der Waals surface area contributed by atoms with Gasteiger partial charge in [0.05, 0.1) is 24.6 Å².